The highest BCUT2D eigenvalue weighted by molar-refractivity contribution is 4.94. The summed E-state index contributed by atoms with van der Waals surface area (Å²) in [5.41, 5.74) is 0. The van der Waals surface area contributed by atoms with Gasteiger partial charge in [-0.25, -0.2) is 4.39 Å². The standard InChI is InChI=1S/C7H5F11O/c8-3(7(16,17)18)6(14,15)4(9,10)1-19-2-5(11,12)13/h3H,1-2H2. The van der Waals surface area contributed by atoms with Crippen molar-refractivity contribution in [1.82, 2.24) is 0 Å². The van der Waals surface area contributed by atoms with Gasteiger partial charge in [0.25, 0.3) is 6.17 Å². The topological polar surface area (TPSA) is 9.23 Å². The SMILES string of the molecule is FC(C(F)(F)F)C(F)(F)C(F)(F)COCC(F)(F)F. The molecule has 0 aromatic rings. The molecular formula is C7H5F11O. The van der Waals surface area contributed by atoms with Gasteiger partial charge in [-0.15, -0.1) is 0 Å². The minimum atomic E-state index is -6.29. The van der Waals surface area contributed by atoms with Gasteiger partial charge < -0.3 is 4.74 Å². The molecule has 116 valence electrons. The van der Waals surface area contributed by atoms with Crippen LogP contribution in [0.2, 0.25) is 0 Å². The van der Waals surface area contributed by atoms with Crippen molar-refractivity contribution in [2.24, 2.45) is 0 Å². The summed E-state index contributed by atoms with van der Waals surface area (Å²) in [7, 11) is 0. The number of hydrogen-bond donors (Lipinski definition) is 0. The minimum absolute atomic E-state index is 2.39. The van der Waals surface area contributed by atoms with Crippen molar-refractivity contribution in [2.45, 2.75) is 30.4 Å². The molecule has 0 heterocycles. The van der Waals surface area contributed by atoms with E-state index in [4.69, 9.17) is 0 Å². The molecule has 0 amide bonds. The Hall–Kier alpha value is -0.810. The third-order valence-electron chi connectivity index (χ3n) is 1.64. The Kier molecular flexibility index (Phi) is 5.06. The molecule has 0 aliphatic carbocycles. The van der Waals surface area contributed by atoms with Crippen LogP contribution in [0.5, 0.6) is 0 Å². The maximum atomic E-state index is 12.6. The van der Waals surface area contributed by atoms with Gasteiger partial charge in [0.2, 0.25) is 0 Å². The van der Waals surface area contributed by atoms with Gasteiger partial charge >= 0.3 is 24.2 Å². The van der Waals surface area contributed by atoms with Crippen LogP contribution in [0.1, 0.15) is 0 Å². The molecule has 0 aliphatic rings. The molecule has 19 heavy (non-hydrogen) atoms. The van der Waals surface area contributed by atoms with E-state index in [9.17, 15) is 48.3 Å². The maximum Gasteiger partial charge on any atom is 0.425 e. The van der Waals surface area contributed by atoms with Crippen LogP contribution >= 0.6 is 0 Å². The first-order chi connectivity index (χ1) is 8.11. The lowest BCUT2D eigenvalue weighted by atomic mass is 10.1. The molecule has 0 N–H and O–H groups in total. The van der Waals surface area contributed by atoms with Crippen LogP contribution in [0.25, 0.3) is 0 Å². The molecule has 0 aromatic heterocycles. The molecular weight excluding hydrogens is 309 g/mol. The van der Waals surface area contributed by atoms with E-state index in [0.717, 1.165) is 0 Å². The van der Waals surface area contributed by atoms with Crippen LogP contribution in [0, 0.1) is 0 Å². The highest BCUT2D eigenvalue weighted by atomic mass is 19.4. The largest absolute Gasteiger partial charge is 0.425 e. The van der Waals surface area contributed by atoms with Gasteiger partial charge in [0.1, 0.15) is 13.2 Å². The van der Waals surface area contributed by atoms with Crippen LogP contribution in [-0.4, -0.2) is 43.6 Å². The molecule has 0 saturated heterocycles. The van der Waals surface area contributed by atoms with Crippen molar-refractivity contribution in [1.29, 1.82) is 0 Å². The van der Waals surface area contributed by atoms with Crippen molar-refractivity contribution >= 4 is 0 Å². The van der Waals surface area contributed by atoms with Gasteiger partial charge in [-0.05, 0) is 0 Å². The van der Waals surface area contributed by atoms with Crippen LogP contribution in [0.15, 0.2) is 0 Å². The molecule has 1 atom stereocenters. The fourth-order valence-corrected chi connectivity index (χ4v) is 0.782. The predicted molar refractivity (Wildman–Crippen MR) is 37.7 cm³/mol. The summed E-state index contributed by atoms with van der Waals surface area (Å²) in [4.78, 5) is 0. The van der Waals surface area contributed by atoms with Gasteiger partial charge in [0.05, 0.1) is 0 Å². The predicted octanol–water partition coefficient (Wildman–Crippen LogP) is 3.74. The number of alkyl halides is 11. The summed E-state index contributed by atoms with van der Waals surface area (Å²) in [6, 6.07) is 0. The van der Waals surface area contributed by atoms with Crippen molar-refractivity contribution in [3.63, 3.8) is 0 Å². The van der Waals surface area contributed by atoms with Gasteiger partial charge in [-0.3, -0.25) is 0 Å². The monoisotopic (exact) mass is 314 g/mol. The average Bonchev–Trinajstić information content (AvgIpc) is 2.12. The van der Waals surface area contributed by atoms with E-state index in [-0.39, 0.29) is 0 Å². The summed E-state index contributed by atoms with van der Waals surface area (Å²) in [5.74, 6) is -12.0. The van der Waals surface area contributed by atoms with Crippen LogP contribution < -0.4 is 0 Å². The fourth-order valence-electron chi connectivity index (χ4n) is 0.782. The Morgan fingerprint density at radius 2 is 1.16 bits per heavy atom. The molecule has 1 unspecified atom stereocenters. The molecule has 0 saturated carbocycles. The maximum absolute atomic E-state index is 12.6. The van der Waals surface area contributed by atoms with Gasteiger partial charge in [-0.2, -0.15) is 43.9 Å². The second kappa shape index (κ2) is 5.29. The number of hydrogen-bond acceptors (Lipinski definition) is 1. The normalized spacial score (nSPS) is 16.6. The number of ether oxygens (including phenoxy) is 1. The van der Waals surface area contributed by atoms with Crippen LogP contribution in [0.4, 0.5) is 48.3 Å². The fraction of sp³-hybridized carbons (Fsp3) is 1.00. The summed E-state index contributed by atoms with van der Waals surface area (Å²) >= 11 is 0. The third kappa shape index (κ3) is 4.99. The quantitative estimate of drug-likeness (QED) is 0.703. The Morgan fingerprint density at radius 3 is 1.47 bits per heavy atom. The Balaban J connectivity index is 4.79. The number of halogens is 11. The van der Waals surface area contributed by atoms with E-state index in [1.807, 2.05) is 0 Å². The van der Waals surface area contributed by atoms with Crippen LogP contribution in [-0.2, 0) is 4.74 Å². The highest BCUT2D eigenvalue weighted by Gasteiger charge is 2.69. The Labute approximate surface area is 97.9 Å². The lowest BCUT2D eigenvalue weighted by Gasteiger charge is -2.29. The van der Waals surface area contributed by atoms with E-state index in [2.05, 4.69) is 4.74 Å². The van der Waals surface area contributed by atoms with Crippen LogP contribution in [0.3, 0.4) is 0 Å². The van der Waals surface area contributed by atoms with Gasteiger partial charge in [0.15, 0.2) is 0 Å². The molecule has 0 radical (unpaired) electrons. The first-order valence-electron chi connectivity index (χ1n) is 4.22. The Morgan fingerprint density at radius 1 is 0.737 bits per heavy atom. The zero-order valence-corrected chi connectivity index (χ0v) is 8.56. The number of rotatable bonds is 5. The molecule has 1 nitrogen and oxygen atoms in total. The zero-order chi connectivity index (χ0) is 15.7. The minimum Gasteiger partial charge on any atom is -0.366 e. The molecule has 0 bridgehead atoms. The summed E-state index contributed by atoms with van der Waals surface area (Å²) in [5, 5.41) is 0. The second-order valence-electron chi connectivity index (χ2n) is 3.34. The Bertz CT molecular complexity index is 290. The zero-order valence-electron chi connectivity index (χ0n) is 8.56. The summed E-state index contributed by atoms with van der Waals surface area (Å²) in [6.45, 7) is -5.10. The first-order valence-corrected chi connectivity index (χ1v) is 4.22. The highest BCUT2D eigenvalue weighted by Crippen LogP contribution is 2.44. The van der Waals surface area contributed by atoms with E-state index in [0.29, 0.717) is 0 Å². The van der Waals surface area contributed by atoms with Crippen molar-refractivity contribution < 1.29 is 53.0 Å². The van der Waals surface area contributed by atoms with Crippen molar-refractivity contribution in [3.05, 3.63) is 0 Å². The van der Waals surface area contributed by atoms with Gasteiger partial charge in [0, 0.05) is 0 Å². The average molecular weight is 314 g/mol. The molecule has 0 spiro atoms. The second-order valence-corrected chi connectivity index (χ2v) is 3.34. The molecule has 0 aromatic carbocycles. The van der Waals surface area contributed by atoms with E-state index in [1.165, 1.54) is 0 Å². The summed E-state index contributed by atoms with van der Waals surface area (Å²) in [6.07, 6.45) is -16.7. The lowest BCUT2D eigenvalue weighted by molar-refractivity contribution is -0.318. The molecule has 12 heteroatoms. The van der Waals surface area contributed by atoms with Crippen molar-refractivity contribution in [3.8, 4) is 0 Å². The third-order valence-corrected chi connectivity index (χ3v) is 1.64. The van der Waals surface area contributed by atoms with E-state index < -0.39 is 43.6 Å². The lowest BCUT2D eigenvalue weighted by Crippen LogP contribution is -2.55. The molecule has 0 aliphatic heterocycles. The summed E-state index contributed by atoms with van der Waals surface area (Å²) < 4.78 is 135. The van der Waals surface area contributed by atoms with E-state index in [1.54, 1.807) is 0 Å². The smallest absolute Gasteiger partial charge is 0.366 e. The van der Waals surface area contributed by atoms with E-state index >= 15 is 0 Å². The molecule has 0 fully saturated rings. The van der Waals surface area contributed by atoms with Crippen molar-refractivity contribution in [2.75, 3.05) is 13.2 Å². The first kappa shape index (κ1) is 18.2. The molecule has 0 rings (SSSR count). The van der Waals surface area contributed by atoms with Gasteiger partial charge in [-0.1, -0.05) is 0 Å².